The minimum atomic E-state index is -0.983. The first kappa shape index (κ1) is 8.74. The van der Waals surface area contributed by atoms with Crippen LogP contribution in [0.1, 0.15) is 11.6 Å². The molecule has 0 heterocycles. The average Bonchev–Trinajstić information content (AvgIpc) is 2.07. The largest absolute Gasteiger partial charge is 0.480 e. The Kier molecular flexibility index (Phi) is 2.82. The molecule has 0 saturated carbocycles. The van der Waals surface area contributed by atoms with Crippen LogP contribution in [-0.4, -0.2) is 11.1 Å². The van der Waals surface area contributed by atoms with Crippen LogP contribution in [0.4, 0.5) is 0 Å². The van der Waals surface area contributed by atoms with Gasteiger partial charge in [0.1, 0.15) is 6.04 Å². The number of hydrogen-bond donors (Lipinski definition) is 2. The molecule has 0 aliphatic rings. The van der Waals surface area contributed by atoms with Crippen LogP contribution < -0.4 is 5.32 Å². The van der Waals surface area contributed by atoms with E-state index in [0.717, 1.165) is 0 Å². The van der Waals surface area contributed by atoms with E-state index in [0.29, 0.717) is 5.56 Å². The highest BCUT2D eigenvalue weighted by Gasteiger charge is 2.15. The highest BCUT2D eigenvalue weighted by atomic mass is 16.4. The molecule has 3 heteroatoms. The van der Waals surface area contributed by atoms with Gasteiger partial charge >= 0.3 is 5.97 Å². The average molecular weight is 163 g/mol. The number of aliphatic carboxylic acids is 1. The first-order valence-corrected chi connectivity index (χ1v) is 3.49. The van der Waals surface area contributed by atoms with Crippen LogP contribution in [0, 0.1) is 7.05 Å². The van der Waals surface area contributed by atoms with Crippen LogP contribution in [0.3, 0.4) is 0 Å². The normalized spacial score (nSPS) is 12.4. The van der Waals surface area contributed by atoms with Crippen LogP contribution in [0.15, 0.2) is 30.3 Å². The first-order chi connectivity index (χ1) is 5.75. The van der Waals surface area contributed by atoms with Gasteiger partial charge < -0.3 is 5.11 Å². The molecule has 12 heavy (non-hydrogen) atoms. The van der Waals surface area contributed by atoms with E-state index in [9.17, 15) is 4.79 Å². The summed E-state index contributed by atoms with van der Waals surface area (Å²) < 4.78 is 0. The minimum absolute atomic E-state index is 0.646. The smallest absolute Gasteiger partial charge is 0.325 e. The molecule has 62 valence electrons. The summed E-state index contributed by atoms with van der Waals surface area (Å²) in [7, 11) is 5.07. The molecule has 1 atom stereocenters. The van der Waals surface area contributed by atoms with E-state index in [1.54, 1.807) is 24.3 Å². The van der Waals surface area contributed by atoms with Crippen LogP contribution in [0.5, 0.6) is 0 Å². The van der Waals surface area contributed by atoms with Gasteiger partial charge in [-0.05, 0) is 5.56 Å². The van der Waals surface area contributed by atoms with Crippen molar-refractivity contribution in [3.05, 3.63) is 42.9 Å². The van der Waals surface area contributed by atoms with Crippen molar-refractivity contribution in [1.29, 1.82) is 0 Å². The van der Waals surface area contributed by atoms with Crippen LogP contribution in [0.2, 0.25) is 0 Å². The number of carbonyl (C=O) groups is 1. The van der Waals surface area contributed by atoms with Gasteiger partial charge in [0.25, 0.3) is 0 Å². The van der Waals surface area contributed by atoms with E-state index in [1.807, 2.05) is 6.07 Å². The molecule has 0 aromatic heterocycles. The van der Waals surface area contributed by atoms with Gasteiger partial charge in [0.2, 0.25) is 0 Å². The number of nitrogens with one attached hydrogen (secondary N) is 1. The lowest BCUT2D eigenvalue weighted by molar-refractivity contribution is -0.139. The van der Waals surface area contributed by atoms with Crippen LogP contribution >= 0.6 is 0 Å². The van der Waals surface area contributed by atoms with E-state index >= 15 is 0 Å². The van der Waals surface area contributed by atoms with Gasteiger partial charge in [0.15, 0.2) is 0 Å². The van der Waals surface area contributed by atoms with Crippen molar-refractivity contribution in [3.63, 3.8) is 0 Å². The number of carboxylic acids is 1. The Balaban J connectivity index is 2.88. The molecule has 0 spiro atoms. The highest BCUT2D eigenvalue weighted by Crippen LogP contribution is 2.11. The Morgan fingerprint density at radius 1 is 1.42 bits per heavy atom. The first-order valence-electron chi connectivity index (χ1n) is 3.49. The van der Waals surface area contributed by atoms with E-state index in [1.165, 1.54) is 0 Å². The van der Waals surface area contributed by atoms with Gasteiger partial charge in [-0.15, -0.1) is 0 Å². The van der Waals surface area contributed by atoms with Crippen molar-refractivity contribution in [3.8, 4) is 0 Å². The molecular formula is C9H9NO2. The predicted octanol–water partition coefficient (Wildman–Crippen LogP) is 1.07. The molecule has 2 N–H and O–H groups in total. The van der Waals surface area contributed by atoms with E-state index < -0.39 is 12.0 Å². The zero-order chi connectivity index (χ0) is 8.97. The lowest BCUT2D eigenvalue weighted by atomic mass is 10.1. The molecule has 3 nitrogen and oxygen atoms in total. The topological polar surface area (TPSA) is 49.3 Å². The standard InChI is InChI=1S/C9H9NO2/c1-10-8(9(11)12)7-5-3-2-4-6-7/h1-6,8,10H,(H,11,12)/t8-/m0/s1. The van der Waals surface area contributed by atoms with Crippen molar-refractivity contribution >= 4 is 5.97 Å². The second kappa shape index (κ2) is 3.88. The Labute approximate surface area is 71.0 Å². The molecule has 0 bridgehead atoms. The van der Waals surface area contributed by atoms with Gasteiger partial charge in [-0.1, -0.05) is 30.3 Å². The fourth-order valence-corrected chi connectivity index (χ4v) is 0.956. The second-order valence-electron chi connectivity index (χ2n) is 2.35. The number of hydrogen-bond acceptors (Lipinski definition) is 2. The zero-order valence-electron chi connectivity index (χ0n) is 6.40. The number of benzene rings is 1. The maximum absolute atomic E-state index is 10.6. The number of carboxylic acid groups (broad SMARTS) is 1. The molecule has 0 saturated heterocycles. The summed E-state index contributed by atoms with van der Waals surface area (Å²) in [5, 5.41) is 10.9. The molecule has 0 aliphatic heterocycles. The van der Waals surface area contributed by atoms with Gasteiger partial charge in [0, 0.05) is 7.05 Å². The summed E-state index contributed by atoms with van der Waals surface area (Å²) in [5.74, 6) is -0.983. The van der Waals surface area contributed by atoms with Crippen LogP contribution in [-0.2, 0) is 4.79 Å². The molecule has 1 aromatic rings. The van der Waals surface area contributed by atoms with Gasteiger partial charge in [-0.3, -0.25) is 10.1 Å². The summed E-state index contributed by atoms with van der Waals surface area (Å²) in [6.07, 6.45) is 0. The van der Waals surface area contributed by atoms with Crippen molar-refractivity contribution in [2.45, 2.75) is 6.04 Å². The summed E-state index contributed by atoms with van der Waals surface area (Å²) in [6, 6.07) is 7.94. The SMILES string of the molecule is [CH]N[C@H](C(=O)O)c1ccccc1. The summed E-state index contributed by atoms with van der Waals surface area (Å²) in [5.41, 5.74) is 0.646. The molecule has 1 rings (SSSR count). The molecule has 0 aliphatic carbocycles. The van der Waals surface area contributed by atoms with Crippen molar-refractivity contribution in [1.82, 2.24) is 5.32 Å². The minimum Gasteiger partial charge on any atom is -0.480 e. The quantitative estimate of drug-likeness (QED) is 0.655. The highest BCUT2D eigenvalue weighted by molar-refractivity contribution is 5.75. The third-order valence-corrected chi connectivity index (χ3v) is 1.55. The van der Waals surface area contributed by atoms with Gasteiger partial charge in [-0.25, -0.2) is 0 Å². The van der Waals surface area contributed by atoms with Crippen molar-refractivity contribution in [2.75, 3.05) is 0 Å². The predicted molar refractivity (Wildman–Crippen MR) is 44.3 cm³/mol. The summed E-state index contributed by atoms with van der Waals surface area (Å²) in [4.78, 5) is 10.6. The Bertz CT molecular complexity index is 258. The molecule has 0 amide bonds. The lowest BCUT2D eigenvalue weighted by Gasteiger charge is -2.09. The van der Waals surface area contributed by atoms with Crippen molar-refractivity contribution < 1.29 is 9.90 Å². The molecule has 1 aromatic carbocycles. The lowest BCUT2D eigenvalue weighted by Crippen LogP contribution is -2.23. The van der Waals surface area contributed by atoms with E-state index in [2.05, 4.69) is 5.32 Å². The monoisotopic (exact) mass is 163 g/mol. The third-order valence-electron chi connectivity index (χ3n) is 1.55. The van der Waals surface area contributed by atoms with Gasteiger partial charge in [-0.2, -0.15) is 0 Å². The summed E-state index contributed by atoms with van der Waals surface area (Å²) >= 11 is 0. The Hall–Kier alpha value is -1.35. The molecule has 0 unspecified atom stereocenters. The second-order valence-corrected chi connectivity index (χ2v) is 2.35. The molecular weight excluding hydrogens is 154 g/mol. The molecule has 2 radical (unpaired) electrons. The number of rotatable bonds is 3. The fraction of sp³-hybridized carbons (Fsp3) is 0.111. The molecule has 0 fully saturated rings. The maximum Gasteiger partial charge on any atom is 0.325 e. The summed E-state index contributed by atoms with van der Waals surface area (Å²) in [6.45, 7) is 0. The fourth-order valence-electron chi connectivity index (χ4n) is 0.956. The Morgan fingerprint density at radius 2 is 2.00 bits per heavy atom. The van der Waals surface area contributed by atoms with E-state index in [-0.39, 0.29) is 0 Å². The van der Waals surface area contributed by atoms with Crippen LogP contribution in [0.25, 0.3) is 0 Å². The Morgan fingerprint density at radius 3 is 2.42 bits per heavy atom. The zero-order valence-corrected chi connectivity index (χ0v) is 6.40. The van der Waals surface area contributed by atoms with Crippen molar-refractivity contribution in [2.24, 2.45) is 0 Å². The van der Waals surface area contributed by atoms with Gasteiger partial charge in [0.05, 0.1) is 0 Å². The third kappa shape index (κ3) is 1.83. The maximum atomic E-state index is 10.6. The van der Waals surface area contributed by atoms with E-state index in [4.69, 9.17) is 12.2 Å².